The van der Waals surface area contributed by atoms with Crippen LogP contribution >= 0.6 is 24.0 Å². The largest absolute Gasteiger partial charge is 0.357 e. The van der Waals surface area contributed by atoms with Crippen molar-refractivity contribution in [3.05, 3.63) is 31.9 Å². The van der Waals surface area contributed by atoms with Crippen molar-refractivity contribution in [2.45, 2.75) is 46.5 Å². The Labute approximate surface area is 187 Å². The average Bonchev–Trinajstić information content (AvgIpc) is 2.98. The zero-order valence-electron chi connectivity index (χ0n) is 18.0. The third-order valence-electron chi connectivity index (χ3n) is 5.81. The topological polar surface area (TPSA) is 69.3 Å². The normalized spacial score (nSPS) is 20.9. The van der Waals surface area contributed by atoms with E-state index in [1.807, 2.05) is 6.08 Å². The Bertz CT molecular complexity index is 1010. The van der Waals surface area contributed by atoms with E-state index in [2.05, 4.69) is 24.8 Å². The van der Waals surface area contributed by atoms with Crippen LogP contribution in [0.4, 0.5) is 5.82 Å². The van der Waals surface area contributed by atoms with Crippen molar-refractivity contribution >= 4 is 46.1 Å². The molecular formula is C22H28N4O2S2. The molecule has 0 saturated carbocycles. The standard InChI is InChI=1S/C22H28N4O2S2/c1-5-6-10-26-21(28)18(30-22(26)29)11-16-15(3)17(12-23)20(27)24(4)19(16)25-9-7-8-14(2)13-25/h11,14H,5-10,13H2,1-4H3. The van der Waals surface area contributed by atoms with Crippen molar-refractivity contribution in [3.8, 4) is 6.07 Å². The zero-order valence-corrected chi connectivity index (χ0v) is 19.7. The summed E-state index contributed by atoms with van der Waals surface area (Å²) in [6.45, 7) is 8.39. The molecule has 0 aromatic carbocycles. The first-order valence-corrected chi connectivity index (χ1v) is 11.7. The smallest absolute Gasteiger partial charge is 0.270 e. The van der Waals surface area contributed by atoms with Gasteiger partial charge in [0.1, 0.15) is 21.8 Å². The minimum atomic E-state index is -0.295. The second-order valence-electron chi connectivity index (χ2n) is 8.09. The van der Waals surface area contributed by atoms with Gasteiger partial charge in [-0.1, -0.05) is 44.2 Å². The number of rotatable bonds is 5. The Morgan fingerprint density at radius 1 is 1.37 bits per heavy atom. The fourth-order valence-corrected chi connectivity index (χ4v) is 5.41. The molecule has 2 saturated heterocycles. The molecule has 3 rings (SSSR count). The van der Waals surface area contributed by atoms with Gasteiger partial charge in [0.15, 0.2) is 0 Å². The van der Waals surface area contributed by atoms with Crippen molar-refractivity contribution in [1.82, 2.24) is 9.47 Å². The summed E-state index contributed by atoms with van der Waals surface area (Å²) in [6, 6.07) is 2.06. The third-order valence-corrected chi connectivity index (χ3v) is 7.19. The van der Waals surface area contributed by atoms with E-state index in [0.29, 0.717) is 27.3 Å². The van der Waals surface area contributed by atoms with Gasteiger partial charge in [-0.15, -0.1) is 0 Å². The molecule has 1 aromatic heterocycles. The first-order valence-electron chi connectivity index (χ1n) is 10.4. The van der Waals surface area contributed by atoms with Crippen LogP contribution in [0.2, 0.25) is 0 Å². The first kappa shape index (κ1) is 22.6. The van der Waals surface area contributed by atoms with Gasteiger partial charge in [-0.05, 0) is 43.7 Å². The highest BCUT2D eigenvalue weighted by Crippen LogP contribution is 2.36. The van der Waals surface area contributed by atoms with Gasteiger partial charge in [0.25, 0.3) is 11.5 Å². The molecule has 8 heteroatoms. The minimum absolute atomic E-state index is 0.0943. The summed E-state index contributed by atoms with van der Waals surface area (Å²) >= 11 is 6.73. The van der Waals surface area contributed by atoms with Crippen molar-refractivity contribution in [2.75, 3.05) is 24.5 Å². The molecule has 2 aliphatic rings. The van der Waals surface area contributed by atoms with Crippen LogP contribution in [0.1, 0.15) is 56.2 Å². The molecular weight excluding hydrogens is 416 g/mol. The van der Waals surface area contributed by atoms with Gasteiger partial charge < -0.3 is 4.90 Å². The van der Waals surface area contributed by atoms with Gasteiger partial charge >= 0.3 is 0 Å². The van der Waals surface area contributed by atoms with E-state index in [1.54, 1.807) is 23.4 Å². The number of thioether (sulfide) groups is 1. The summed E-state index contributed by atoms with van der Waals surface area (Å²) < 4.78 is 2.13. The Morgan fingerprint density at radius 2 is 2.10 bits per heavy atom. The van der Waals surface area contributed by atoms with E-state index < -0.39 is 0 Å². The fourth-order valence-electron chi connectivity index (χ4n) is 4.12. The molecule has 6 nitrogen and oxygen atoms in total. The van der Waals surface area contributed by atoms with Crippen molar-refractivity contribution < 1.29 is 4.79 Å². The number of hydrogen-bond acceptors (Lipinski definition) is 6. The van der Waals surface area contributed by atoms with Crippen LogP contribution in [0.3, 0.4) is 0 Å². The number of anilines is 1. The molecule has 0 radical (unpaired) electrons. The van der Waals surface area contributed by atoms with Gasteiger partial charge in [0.05, 0.1) is 4.91 Å². The second-order valence-corrected chi connectivity index (χ2v) is 9.77. The van der Waals surface area contributed by atoms with Crippen LogP contribution in [0.5, 0.6) is 0 Å². The maximum atomic E-state index is 13.0. The molecule has 3 heterocycles. The van der Waals surface area contributed by atoms with Crippen LogP contribution in [0, 0.1) is 24.2 Å². The van der Waals surface area contributed by atoms with Gasteiger partial charge in [-0.2, -0.15) is 5.26 Å². The van der Waals surface area contributed by atoms with Gasteiger partial charge in [-0.25, -0.2) is 0 Å². The molecule has 0 N–H and O–H groups in total. The van der Waals surface area contributed by atoms with E-state index in [-0.39, 0.29) is 17.0 Å². The van der Waals surface area contributed by atoms with Crippen LogP contribution in [-0.2, 0) is 11.8 Å². The summed E-state index contributed by atoms with van der Waals surface area (Å²) in [4.78, 5) is 30.2. The lowest BCUT2D eigenvalue weighted by Gasteiger charge is -2.35. The third kappa shape index (κ3) is 4.19. The maximum absolute atomic E-state index is 13.0. The molecule has 0 bridgehead atoms. The number of nitrogens with zero attached hydrogens (tertiary/aromatic N) is 4. The molecule has 1 atom stereocenters. The van der Waals surface area contributed by atoms with E-state index in [4.69, 9.17) is 12.2 Å². The average molecular weight is 445 g/mol. The molecule has 0 spiro atoms. The first-order chi connectivity index (χ1) is 14.3. The highest BCUT2D eigenvalue weighted by atomic mass is 32.2. The molecule has 1 aromatic rings. The van der Waals surface area contributed by atoms with Gasteiger partial charge in [0, 0.05) is 32.2 Å². The summed E-state index contributed by atoms with van der Waals surface area (Å²) in [7, 11) is 1.71. The Kier molecular flexibility index (Phi) is 7.04. The monoisotopic (exact) mass is 444 g/mol. The van der Waals surface area contributed by atoms with E-state index in [0.717, 1.165) is 50.2 Å². The SMILES string of the molecule is CCCCN1C(=O)C(=Cc2c(C)c(C#N)c(=O)n(C)c2N2CCCC(C)C2)SC1=S. The summed E-state index contributed by atoms with van der Waals surface area (Å²) in [5.41, 5.74) is 1.21. The Hall–Kier alpha value is -2.11. The lowest BCUT2D eigenvalue weighted by atomic mass is 9.98. The Morgan fingerprint density at radius 3 is 2.73 bits per heavy atom. The number of thiocarbonyl (C=S) groups is 1. The lowest BCUT2D eigenvalue weighted by Crippen LogP contribution is -2.39. The van der Waals surface area contributed by atoms with E-state index in [9.17, 15) is 14.9 Å². The zero-order chi connectivity index (χ0) is 22.0. The van der Waals surface area contributed by atoms with Crippen LogP contribution < -0.4 is 10.5 Å². The molecule has 0 aliphatic carbocycles. The molecule has 160 valence electrons. The number of hydrogen-bond donors (Lipinski definition) is 0. The lowest BCUT2D eigenvalue weighted by molar-refractivity contribution is -0.122. The van der Waals surface area contributed by atoms with Crippen molar-refractivity contribution in [1.29, 1.82) is 5.26 Å². The number of nitriles is 1. The van der Waals surface area contributed by atoms with Crippen molar-refractivity contribution in [3.63, 3.8) is 0 Å². The number of unbranched alkanes of at least 4 members (excludes halogenated alkanes) is 1. The molecule has 1 unspecified atom stereocenters. The summed E-state index contributed by atoms with van der Waals surface area (Å²) in [5, 5.41) is 9.59. The predicted octanol–water partition coefficient (Wildman–Crippen LogP) is 3.80. The van der Waals surface area contributed by atoms with E-state index >= 15 is 0 Å². The fraction of sp³-hybridized carbons (Fsp3) is 0.545. The van der Waals surface area contributed by atoms with E-state index in [1.165, 1.54) is 11.8 Å². The summed E-state index contributed by atoms with van der Waals surface area (Å²) in [5.74, 6) is 1.20. The highest BCUT2D eigenvalue weighted by molar-refractivity contribution is 8.26. The predicted molar refractivity (Wildman–Crippen MR) is 127 cm³/mol. The Balaban J connectivity index is 2.14. The summed E-state index contributed by atoms with van der Waals surface area (Å²) in [6.07, 6.45) is 5.92. The number of piperidine rings is 1. The quantitative estimate of drug-likeness (QED) is 0.508. The number of aromatic nitrogens is 1. The molecule has 30 heavy (non-hydrogen) atoms. The van der Waals surface area contributed by atoms with Crippen molar-refractivity contribution in [2.24, 2.45) is 13.0 Å². The number of pyridine rings is 1. The molecule has 2 fully saturated rings. The molecule has 1 amide bonds. The number of carbonyl (C=O) groups excluding carboxylic acids is 1. The number of amides is 1. The van der Waals surface area contributed by atoms with Crippen LogP contribution in [-0.4, -0.2) is 39.3 Å². The van der Waals surface area contributed by atoms with Crippen LogP contribution in [0.25, 0.3) is 6.08 Å². The maximum Gasteiger partial charge on any atom is 0.270 e. The second kappa shape index (κ2) is 9.36. The minimum Gasteiger partial charge on any atom is -0.357 e. The van der Waals surface area contributed by atoms with Gasteiger partial charge in [0.2, 0.25) is 0 Å². The van der Waals surface area contributed by atoms with Gasteiger partial charge in [-0.3, -0.25) is 19.1 Å². The number of carbonyl (C=O) groups is 1. The highest BCUT2D eigenvalue weighted by Gasteiger charge is 2.33. The molecule has 2 aliphatic heterocycles. The van der Waals surface area contributed by atoms with Crippen LogP contribution in [0.15, 0.2) is 9.70 Å².